The summed E-state index contributed by atoms with van der Waals surface area (Å²) in [6, 6.07) is 26.4. The van der Waals surface area contributed by atoms with Crippen LogP contribution in [0.4, 0.5) is 5.69 Å². The van der Waals surface area contributed by atoms with Gasteiger partial charge in [-0.15, -0.1) is 10.2 Å². The van der Waals surface area contributed by atoms with E-state index in [1.165, 1.54) is 22.9 Å². The highest BCUT2D eigenvalue weighted by Crippen LogP contribution is 2.24. The van der Waals surface area contributed by atoms with Gasteiger partial charge in [0.2, 0.25) is 5.91 Å². The maximum atomic E-state index is 12.6. The van der Waals surface area contributed by atoms with Crippen LogP contribution >= 0.6 is 11.8 Å². The third-order valence-electron chi connectivity index (χ3n) is 5.18. The normalized spacial score (nSPS) is 10.8. The summed E-state index contributed by atoms with van der Waals surface area (Å²) in [6.07, 6.45) is 1.64. The molecule has 3 aromatic carbocycles. The van der Waals surface area contributed by atoms with Gasteiger partial charge in [0.15, 0.2) is 5.16 Å². The zero-order valence-corrected chi connectivity index (χ0v) is 19.1. The van der Waals surface area contributed by atoms with Crippen LogP contribution in [0.1, 0.15) is 22.5 Å². The number of amides is 1. The minimum Gasteiger partial charge on any atom is -0.325 e. The molecule has 0 fully saturated rings. The minimum atomic E-state index is -0.0598. The lowest BCUT2D eigenvalue weighted by atomic mass is 10.1. The summed E-state index contributed by atoms with van der Waals surface area (Å²) in [6.45, 7) is 4.04. The van der Waals surface area contributed by atoms with E-state index in [4.69, 9.17) is 0 Å². The van der Waals surface area contributed by atoms with Crippen LogP contribution in [0.25, 0.3) is 5.69 Å². The molecule has 0 aliphatic carbocycles. The van der Waals surface area contributed by atoms with Crippen LogP contribution in [0.3, 0.4) is 0 Å². The second-order valence-electron chi connectivity index (χ2n) is 7.71. The Bertz CT molecular complexity index is 1190. The summed E-state index contributed by atoms with van der Waals surface area (Å²) in [5.41, 5.74) is 5.33. The lowest BCUT2D eigenvalue weighted by Gasteiger charge is -2.11. The second kappa shape index (κ2) is 10.3. The van der Waals surface area contributed by atoms with E-state index in [1.54, 1.807) is 0 Å². The van der Waals surface area contributed by atoms with Gasteiger partial charge in [-0.25, -0.2) is 0 Å². The van der Waals surface area contributed by atoms with Gasteiger partial charge in [0.25, 0.3) is 0 Å². The molecule has 0 aliphatic heterocycles. The highest BCUT2D eigenvalue weighted by atomic mass is 32.2. The number of para-hydroxylation sites is 1. The highest BCUT2D eigenvalue weighted by molar-refractivity contribution is 7.99. The maximum absolute atomic E-state index is 12.6. The number of aryl methyl sites for hydroxylation is 4. The number of carbonyl (C=O) groups excluding carboxylic acids is 1. The largest absolute Gasteiger partial charge is 0.325 e. The van der Waals surface area contributed by atoms with Crippen molar-refractivity contribution in [2.75, 3.05) is 11.1 Å². The van der Waals surface area contributed by atoms with Crippen LogP contribution in [-0.2, 0) is 17.6 Å². The molecule has 0 atom stereocenters. The fourth-order valence-corrected chi connectivity index (χ4v) is 4.33. The highest BCUT2D eigenvalue weighted by Gasteiger charge is 2.16. The number of anilines is 1. The maximum Gasteiger partial charge on any atom is 0.234 e. The van der Waals surface area contributed by atoms with E-state index in [0.717, 1.165) is 40.8 Å². The fraction of sp³-hybridized carbons (Fsp3) is 0.192. The second-order valence-corrected chi connectivity index (χ2v) is 8.65. The first kappa shape index (κ1) is 21.8. The molecule has 0 bridgehead atoms. The summed E-state index contributed by atoms with van der Waals surface area (Å²) in [5.74, 6) is 1.09. The van der Waals surface area contributed by atoms with E-state index in [0.29, 0.717) is 0 Å². The zero-order chi connectivity index (χ0) is 22.3. The molecular formula is C26H26N4OS. The fourth-order valence-electron chi connectivity index (χ4n) is 3.56. The van der Waals surface area contributed by atoms with E-state index >= 15 is 0 Å². The molecule has 1 amide bonds. The van der Waals surface area contributed by atoms with E-state index in [-0.39, 0.29) is 11.7 Å². The minimum absolute atomic E-state index is 0.0598. The zero-order valence-electron chi connectivity index (χ0n) is 18.3. The number of hydrogen-bond donors (Lipinski definition) is 1. The Kier molecular flexibility index (Phi) is 7.02. The van der Waals surface area contributed by atoms with Crippen molar-refractivity contribution in [1.29, 1.82) is 0 Å². The standard InChI is InChI=1S/C26H26N4OS/c1-19-13-15-23(20(2)17-19)27-25(31)18-32-26-29-28-24(16-14-21-9-5-3-6-10-21)30(26)22-11-7-4-8-12-22/h3-13,15,17H,14,16,18H2,1-2H3,(H,27,31). The summed E-state index contributed by atoms with van der Waals surface area (Å²) < 4.78 is 2.05. The molecule has 32 heavy (non-hydrogen) atoms. The van der Waals surface area contributed by atoms with Gasteiger partial charge in [0.05, 0.1) is 5.75 Å². The molecule has 4 rings (SSSR count). The van der Waals surface area contributed by atoms with Crippen LogP contribution < -0.4 is 5.32 Å². The lowest BCUT2D eigenvalue weighted by Crippen LogP contribution is -2.15. The van der Waals surface area contributed by atoms with Crippen LogP contribution in [-0.4, -0.2) is 26.4 Å². The van der Waals surface area contributed by atoms with Gasteiger partial charge in [0, 0.05) is 17.8 Å². The molecule has 0 saturated carbocycles. The molecule has 0 unspecified atom stereocenters. The molecule has 162 valence electrons. The summed E-state index contributed by atoms with van der Waals surface area (Å²) in [4.78, 5) is 12.6. The van der Waals surface area contributed by atoms with E-state index in [1.807, 2.05) is 74.5 Å². The van der Waals surface area contributed by atoms with Crippen molar-refractivity contribution in [2.24, 2.45) is 0 Å². The first-order valence-corrected chi connectivity index (χ1v) is 11.6. The lowest BCUT2D eigenvalue weighted by molar-refractivity contribution is -0.113. The van der Waals surface area contributed by atoms with Crippen LogP contribution in [0, 0.1) is 13.8 Å². The van der Waals surface area contributed by atoms with E-state index < -0.39 is 0 Å². The van der Waals surface area contributed by atoms with Crippen molar-refractivity contribution >= 4 is 23.4 Å². The molecule has 5 nitrogen and oxygen atoms in total. The molecular weight excluding hydrogens is 416 g/mol. The Labute approximate surface area is 192 Å². The van der Waals surface area contributed by atoms with Crippen LogP contribution in [0.5, 0.6) is 0 Å². The van der Waals surface area contributed by atoms with Crippen molar-refractivity contribution in [3.63, 3.8) is 0 Å². The number of nitrogens with zero attached hydrogens (tertiary/aromatic N) is 3. The predicted octanol–water partition coefficient (Wildman–Crippen LogP) is 5.40. The molecule has 0 saturated heterocycles. The molecule has 0 spiro atoms. The van der Waals surface area contributed by atoms with Gasteiger partial charge in [-0.05, 0) is 49.6 Å². The van der Waals surface area contributed by atoms with Crippen molar-refractivity contribution < 1.29 is 4.79 Å². The van der Waals surface area contributed by atoms with Gasteiger partial charge in [-0.3, -0.25) is 9.36 Å². The van der Waals surface area contributed by atoms with Crippen LogP contribution in [0.2, 0.25) is 0 Å². The van der Waals surface area contributed by atoms with Crippen molar-refractivity contribution in [3.05, 3.63) is 101 Å². The third-order valence-corrected chi connectivity index (χ3v) is 6.11. The summed E-state index contributed by atoms with van der Waals surface area (Å²) >= 11 is 1.40. The van der Waals surface area contributed by atoms with Gasteiger partial charge in [-0.2, -0.15) is 0 Å². The Morgan fingerprint density at radius 2 is 1.62 bits per heavy atom. The van der Waals surface area contributed by atoms with E-state index in [9.17, 15) is 4.79 Å². The Morgan fingerprint density at radius 1 is 0.906 bits per heavy atom. The first-order valence-electron chi connectivity index (χ1n) is 10.6. The molecule has 1 heterocycles. The first-order chi connectivity index (χ1) is 15.6. The molecule has 4 aromatic rings. The van der Waals surface area contributed by atoms with Gasteiger partial charge in [-0.1, -0.05) is 78.0 Å². The summed E-state index contributed by atoms with van der Waals surface area (Å²) in [5, 5.41) is 12.6. The topological polar surface area (TPSA) is 59.8 Å². The van der Waals surface area contributed by atoms with Gasteiger partial charge >= 0.3 is 0 Å². The molecule has 0 radical (unpaired) electrons. The van der Waals surface area contributed by atoms with Crippen molar-refractivity contribution in [1.82, 2.24) is 14.8 Å². The molecule has 0 aliphatic rings. The number of hydrogen-bond acceptors (Lipinski definition) is 4. The predicted molar refractivity (Wildman–Crippen MR) is 130 cm³/mol. The average molecular weight is 443 g/mol. The number of aromatic nitrogens is 3. The van der Waals surface area contributed by atoms with Crippen molar-refractivity contribution in [3.8, 4) is 5.69 Å². The van der Waals surface area contributed by atoms with Crippen molar-refractivity contribution in [2.45, 2.75) is 31.8 Å². The number of benzene rings is 3. The number of carbonyl (C=O) groups is 1. The quantitative estimate of drug-likeness (QED) is 0.371. The SMILES string of the molecule is Cc1ccc(NC(=O)CSc2nnc(CCc3ccccc3)n2-c2ccccc2)c(C)c1. The number of nitrogens with one attached hydrogen (secondary N) is 1. The average Bonchev–Trinajstić information content (AvgIpc) is 3.22. The number of thioether (sulfide) groups is 1. The van der Waals surface area contributed by atoms with Crippen LogP contribution in [0.15, 0.2) is 84.0 Å². The molecule has 1 aromatic heterocycles. The van der Waals surface area contributed by atoms with E-state index in [2.05, 4.69) is 38.3 Å². The Morgan fingerprint density at radius 3 is 2.34 bits per heavy atom. The Hall–Kier alpha value is -3.38. The molecule has 1 N–H and O–H groups in total. The Balaban J connectivity index is 1.49. The van der Waals surface area contributed by atoms with Gasteiger partial charge < -0.3 is 5.32 Å². The number of rotatable bonds is 8. The molecule has 6 heteroatoms. The monoisotopic (exact) mass is 442 g/mol. The summed E-state index contributed by atoms with van der Waals surface area (Å²) in [7, 11) is 0. The third kappa shape index (κ3) is 5.45. The van der Waals surface area contributed by atoms with Gasteiger partial charge in [0.1, 0.15) is 5.82 Å². The smallest absolute Gasteiger partial charge is 0.234 e.